The summed E-state index contributed by atoms with van der Waals surface area (Å²) in [6.45, 7) is 1.97. The second-order valence-corrected chi connectivity index (χ2v) is 4.84. The molecule has 19 heavy (non-hydrogen) atoms. The van der Waals surface area contributed by atoms with Crippen LogP contribution in [0.15, 0.2) is 36.5 Å². The molecule has 0 amide bonds. The number of aromatic nitrogens is 2. The van der Waals surface area contributed by atoms with E-state index in [4.69, 9.17) is 17.3 Å². The van der Waals surface area contributed by atoms with Gasteiger partial charge >= 0.3 is 0 Å². The molecule has 0 saturated heterocycles. The first-order valence-corrected chi connectivity index (χ1v) is 6.13. The summed E-state index contributed by atoms with van der Waals surface area (Å²) in [5, 5.41) is 0.347. The maximum atomic E-state index is 13.9. The fourth-order valence-corrected chi connectivity index (χ4v) is 2.20. The molecule has 0 fully saturated rings. The molecule has 0 saturated carbocycles. The fourth-order valence-electron chi connectivity index (χ4n) is 2.05. The van der Waals surface area contributed by atoms with Crippen molar-refractivity contribution in [3.63, 3.8) is 0 Å². The van der Waals surface area contributed by atoms with Crippen LogP contribution in [0, 0.1) is 12.7 Å². The predicted octanol–water partition coefficient (Wildman–Crippen LogP) is 3.68. The van der Waals surface area contributed by atoms with Crippen LogP contribution in [0.2, 0.25) is 5.02 Å². The minimum atomic E-state index is -0.431. The van der Waals surface area contributed by atoms with Gasteiger partial charge in [-0.05, 0) is 42.8 Å². The van der Waals surface area contributed by atoms with E-state index >= 15 is 0 Å². The minimum Gasteiger partial charge on any atom is -0.383 e. The molecule has 2 N–H and O–H groups in total. The lowest BCUT2D eigenvalue weighted by Crippen LogP contribution is -1.95. The van der Waals surface area contributed by atoms with E-state index in [1.807, 2.05) is 25.3 Å². The average molecular weight is 276 g/mol. The number of halogens is 2. The van der Waals surface area contributed by atoms with Crippen molar-refractivity contribution in [1.29, 1.82) is 0 Å². The smallest absolute Gasteiger partial charge is 0.139 e. The van der Waals surface area contributed by atoms with E-state index in [0.29, 0.717) is 27.7 Å². The van der Waals surface area contributed by atoms with E-state index in [0.717, 1.165) is 5.56 Å². The highest BCUT2D eigenvalue weighted by Crippen LogP contribution is 2.30. The van der Waals surface area contributed by atoms with E-state index in [1.165, 1.54) is 6.07 Å². The zero-order chi connectivity index (χ0) is 13.6. The molecule has 2 aromatic heterocycles. The van der Waals surface area contributed by atoms with E-state index in [2.05, 4.69) is 4.98 Å². The zero-order valence-electron chi connectivity index (χ0n) is 10.2. The number of rotatable bonds is 1. The standard InChI is InChI=1S/C14H11ClFN3/c1-8-4-5-19-12(6-8)18-13(14(19)17)10-3-2-9(15)7-11(10)16/h2-7H,17H2,1H3. The number of fused-ring (bicyclic) bond motifs is 1. The second-order valence-electron chi connectivity index (χ2n) is 4.40. The quantitative estimate of drug-likeness (QED) is 0.736. The zero-order valence-corrected chi connectivity index (χ0v) is 10.9. The summed E-state index contributed by atoms with van der Waals surface area (Å²) >= 11 is 5.75. The van der Waals surface area contributed by atoms with Crippen LogP contribution in [0.3, 0.4) is 0 Å². The molecule has 3 aromatic rings. The Kier molecular flexibility index (Phi) is 2.68. The second kappa shape index (κ2) is 4.24. The molecule has 0 radical (unpaired) electrons. The number of benzene rings is 1. The van der Waals surface area contributed by atoms with E-state index in [9.17, 15) is 4.39 Å². The Morgan fingerprint density at radius 2 is 2.05 bits per heavy atom. The molecule has 0 aliphatic carbocycles. The largest absolute Gasteiger partial charge is 0.383 e. The van der Waals surface area contributed by atoms with Crippen molar-refractivity contribution < 1.29 is 4.39 Å². The van der Waals surface area contributed by atoms with Crippen LogP contribution in [0.25, 0.3) is 16.9 Å². The first-order valence-electron chi connectivity index (χ1n) is 5.76. The topological polar surface area (TPSA) is 43.3 Å². The van der Waals surface area contributed by atoms with Crippen LogP contribution in [0.5, 0.6) is 0 Å². The molecule has 1 aromatic carbocycles. The van der Waals surface area contributed by atoms with E-state index < -0.39 is 5.82 Å². The SMILES string of the molecule is Cc1ccn2c(N)c(-c3ccc(Cl)cc3F)nc2c1. The van der Waals surface area contributed by atoms with Gasteiger partial charge in [-0.2, -0.15) is 0 Å². The van der Waals surface area contributed by atoms with Crippen molar-refractivity contribution in [1.82, 2.24) is 9.38 Å². The molecular weight excluding hydrogens is 265 g/mol. The lowest BCUT2D eigenvalue weighted by atomic mass is 10.1. The number of hydrogen-bond donors (Lipinski definition) is 1. The Bertz CT molecular complexity index is 780. The van der Waals surface area contributed by atoms with Gasteiger partial charge in [0.25, 0.3) is 0 Å². The molecule has 96 valence electrons. The van der Waals surface area contributed by atoms with Gasteiger partial charge in [0.1, 0.15) is 23.0 Å². The third-order valence-electron chi connectivity index (χ3n) is 3.00. The number of nitrogens with two attached hydrogens (primary N) is 1. The molecule has 0 atom stereocenters. The molecule has 3 nitrogen and oxygen atoms in total. The van der Waals surface area contributed by atoms with Crippen LogP contribution in [-0.4, -0.2) is 9.38 Å². The third kappa shape index (κ3) is 1.94. The molecule has 0 unspecified atom stereocenters. The molecule has 0 bridgehead atoms. The molecule has 5 heteroatoms. The summed E-state index contributed by atoms with van der Waals surface area (Å²) in [6, 6.07) is 8.28. The van der Waals surface area contributed by atoms with Gasteiger partial charge < -0.3 is 5.73 Å². The van der Waals surface area contributed by atoms with E-state index in [-0.39, 0.29) is 0 Å². The van der Waals surface area contributed by atoms with Gasteiger partial charge in [0.15, 0.2) is 0 Å². The highest BCUT2D eigenvalue weighted by atomic mass is 35.5. The van der Waals surface area contributed by atoms with Gasteiger partial charge in [0.05, 0.1) is 0 Å². The summed E-state index contributed by atoms with van der Waals surface area (Å²) in [7, 11) is 0. The summed E-state index contributed by atoms with van der Waals surface area (Å²) in [5.74, 6) is -0.0180. The average Bonchev–Trinajstić information content (AvgIpc) is 2.66. The summed E-state index contributed by atoms with van der Waals surface area (Å²) in [5.41, 5.74) is 8.58. The van der Waals surface area contributed by atoms with Crippen LogP contribution in [-0.2, 0) is 0 Å². The number of nitrogens with zero attached hydrogens (tertiary/aromatic N) is 2. The minimum absolute atomic E-state index is 0.347. The van der Waals surface area contributed by atoms with Gasteiger partial charge in [-0.1, -0.05) is 11.6 Å². The van der Waals surface area contributed by atoms with Crippen molar-refractivity contribution in [2.24, 2.45) is 0 Å². The van der Waals surface area contributed by atoms with Crippen LogP contribution < -0.4 is 5.73 Å². The number of anilines is 1. The Morgan fingerprint density at radius 3 is 2.79 bits per heavy atom. The lowest BCUT2D eigenvalue weighted by molar-refractivity contribution is 0.631. The summed E-state index contributed by atoms with van der Waals surface area (Å²) in [4.78, 5) is 4.39. The Morgan fingerprint density at radius 1 is 1.26 bits per heavy atom. The predicted molar refractivity (Wildman–Crippen MR) is 74.7 cm³/mol. The van der Waals surface area contributed by atoms with Crippen molar-refractivity contribution in [2.45, 2.75) is 6.92 Å². The molecule has 0 aliphatic rings. The van der Waals surface area contributed by atoms with E-state index in [1.54, 1.807) is 16.5 Å². The summed E-state index contributed by atoms with van der Waals surface area (Å²) in [6.07, 6.45) is 1.82. The van der Waals surface area contributed by atoms with Gasteiger partial charge in [-0.15, -0.1) is 0 Å². The van der Waals surface area contributed by atoms with Crippen molar-refractivity contribution in [3.8, 4) is 11.3 Å². The van der Waals surface area contributed by atoms with Crippen LogP contribution >= 0.6 is 11.6 Å². The maximum absolute atomic E-state index is 13.9. The molecule has 0 aliphatic heterocycles. The van der Waals surface area contributed by atoms with Crippen molar-refractivity contribution in [3.05, 3.63) is 52.9 Å². The first kappa shape index (κ1) is 12.0. The van der Waals surface area contributed by atoms with Gasteiger partial charge in [0.2, 0.25) is 0 Å². The van der Waals surface area contributed by atoms with Crippen LogP contribution in [0.4, 0.5) is 10.2 Å². The number of imidazole rings is 1. The van der Waals surface area contributed by atoms with Crippen molar-refractivity contribution >= 4 is 23.1 Å². The first-order chi connectivity index (χ1) is 9.06. The Hall–Kier alpha value is -2.07. The van der Waals surface area contributed by atoms with Gasteiger partial charge in [-0.3, -0.25) is 4.40 Å². The molecule has 2 heterocycles. The number of hydrogen-bond acceptors (Lipinski definition) is 2. The summed E-state index contributed by atoms with van der Waals surface area (Å²) < 4.78 is 15.7. The van der Waals surface area contributed by atoms with Gasteiger partial charge in [0, 0.05) is 16.8 Å². The Labute approximate surface area is 114 Å². The van der Waals surface area contributed by atoms with Crippen molar-refractivity contribution in [2.75, 3.05) is 5.73 Å². The lowest BCUT2D eigenvalue weighted by Gasteiger charge is -2.01. The van der Waals surface area contributed by atoms with Crippen LogP contribution in [0.1, 0.15) is 5.56 Å². The highest BCUT2D eigenvalue weighted by molar-refractivity contribution is 6.30. The molecule has 3 rings (SSSR count). The normalized spacial score (nSPS) is 11.1. The maximum Gasteiger partial charge on any atom is 0.139 e. The number of aryl methyl sites for hydroxylation is 1. The fraction of sp³-hybridized carbons (Fsp3) is 0.0714. The monoisotopic (exact) mass is 275 g/mol. The number of pyridine rings is 1. The molecular formula is C14H11ClFN3. The highest BCUT2D eigenvalue weighted by Gasteiger charge is 2.15. The van der Waals surface area contributed by atoms with Gasteiger partial charge in [-0.25, -0.2) is 9.37 Å². The Balaban J connectivity index is 2.27. The number of nitrogen functional groups attached to an aromatic ring is 1. The third-order valence-corrected chi connectivity index (χ3v) is 3.24. The molecule has 0 spiro atoms.